The lowest BCUT2D eigenvalue weighted by Crippen LogP contribution is -2.26. The number of likely N-dealkylation sites (N-methyl/N-ethyl adjacent to an activating group) is 1. The standard InChI is InChI=1S/C15H16N4O2S/c1-18(2)14(15-4-3-7-22-15)10-17-13-6-5-12(19(20)21)8-11(13)9-16/h3-8,14,17H,10H2,1-2H3/t14-/m1/s1. The zero-order valence-electron chi connectivity index (χ0n) is 12.3. The number of nitrogens with zero attached hydrogens (tertiary/aromatic N) is 3. The Balaban J connectivity index is 2.17. The topological polar surface area (TPSA) is 82.2 Å². The van der Waals surface area contributed by atoms with Gasteiger partial charge in [-0.15, -0.1) is 11.3 Å². The molecule has 0 aliphatic heterocycles. The van der Waals surface area contributed by atoms with Gasteiger partial charge in [-0.3, -0.25) is 10.1 Å². The molecule has 0 aliphatic rings. The highest BCUT2D eigenvalue weighted by Crippen LogP contribution is 2.26. The summed E-state index contributed by atoms with van der Waals surface area (Å²) in [5.74, 6) is 0. The lowest BCUT2D eigenvalue weighted by molar-refractivity contribution is -0.384. The van der Waals surface area contributed by atoms with Crippen molar-refractivity contribution in [2.75, 3.05) is 26.0 Å². The van der Waals surface area contributed by atoms with Crippen LogP contribution in [0.3, 0.4) is 0 Å². The molecule has 0 radical (unpaired) electrons. The van der Waals surface area contributed by atoms with E-state index in [0.717, 1.165) is 0 Å². The van der Waals surface area contributed by atoms with Gasteiger partial charge in [-0.25, -0.2) is 0 Å². The summed E-state index contributed by atoms with van der Waals surface area (Å²) >= 11 is 1.67. The predicted octanol–water partition coefficient (Wildman–Crippen LogP) is 3.24. The number of benzene rings is 1. The first-order chi connectivity index (χ1) is 10.5. The minimum Gasteiger partial charge on any atom is -0.382 e. The second-order valence-corrected chi connectivity index (χ2v) is 5.95. The molecule has 0 fully saturated rings. The van der Waals surface area contributed by atoms with Crippen LogP contribution in [0.4, 0.5) is 11.4 Å². The largest absolute Gasteiger partial charge is 0.382 e. The highest BCUT2D eigenvalue weighted by molar-refractivity contribution is 7.10. The predicted molar refractivity (Wildman–Crippen MR) is 87.0 cm³/mol. The average Bonchev–Trinajstić information content (AvgIpc) is 3.01. The molecule has 114 valence electrons. The lowest BCUT2D eigenvalue weighted by atomic mass is 10.1. The van der Waals surface area contributed by atoms with Crippen LogP contribution in [0.1, 0.15) is 16.5 Å². The number of rotatable bonds is 6. The summed E-state index contributed by atoms with van der Waals surface area (Å²) in [7, 11) is 3.99. The maximum atomic E-state index is 10.8. The van der Waals surface area contributed by atoms with Gasteiger partial charge in [0, 0.05) is 23.6 Å². The van der Waals surface area contributed by atoms with E-state index >= 15 is 0 Å². The number of nitriles is 1. The zero-order chi connectivity index (χ0) is 16.1. The molecule has 22 heavy (non-hydrogen) atoms. The van der Waals surface area contributed by atoms with Crippen LogP contribution in [-0.2, 0) is 0 Å². The first-order valence-electron chi connectivity index (χ1n) is 6.65. The quantitative estimate of drug-likeness (QED) is 0.653. The van der Waals surface area contributed by atoms with Crippen LogP contribution in [0.5, 0.6) is 0 Å². The number of nitro benzene ring substituents is 1. The fourth-order valence-corrected chi connectivity index (χ4v) is 3.04. The number of non-ortho nitro benzene ring substituents is 1. The summed E-state index contributed by atoms with van der Waals surface area (Å²) in [6.45, 7) is 0.611. The first-order valence-corrected chi connectivity index (χ1v) is 7.53. The van der Waals surface area contributed by atoms with Crippen LogP contribution in [0.15, 0.2) is 35.7 Å². The fourth-order valence-electron chi connectivity index (χ4n) is 2.12. The molecule has 1 aromatic carbocycles. The summed E-state index contributed by atoms with van der Waals surface area (Å²) < 4.78 is 0. The van der Waals surface area contributed by atoms with Crippen LogP contribution in [0.25, 0.3) is 0 Å². The number of hydrogen-bond donors (Lipinski definition) is 1. The molecule has 0 bridgehead atoms. The number of nitro groups is 1. The van der Waals surface area contributed by atoms with Gasteiger partial charge in [0.05, 0.1) is 22.2 Å². The van der Waals surface area contributed by atoms with Gasteiger partial charge in [0.1, 0.15) is 6.07 Å². The number of nitrogens with one attached hydrogen (secondary N) is 1. The Labute approximate surface area is 132 Å². The van der Waals surface area contributed by atoms with E-state index in [2.05, 4.69) is 16.3 Å². The molecule has 7 heteroatoms. The molecule has 1 atom stereocenters. The Morgan fingerprint density at radius 2 is 2.23 bits per heavy atom. The van der Waals surface area contributed by atoms with Crippen LogP contribution < -0.4 is 5.32 Å². The molecule has 0 amide bonds. The zero-order valence-corrected chi connectivity index (χ0v) is 13.1. The van der Waals surface area contributed by atoms with Gasteiger partial charge >= 0.3 is 0 Å². The van der Waals surface area contributed by atoms with Gasteiger partial charge in [-0.05, 0) is 31.6 Å². The number of thiophene rings is 1. The summed E-state index contributed by atoms with van der Waals surface area (Å²) in [5, 5.41) is 25.2. The molecule has 0 saturated heterocycles. The van der Waals surface area contributed by atoms with Crippen molar-refractivity contribution >= 4 is 22.7 Å². The van der Waals surface area contributed by atoms with E-state index in [1.807, 2.05) is 31.6 Å². The third-order valence-corrected chi connectivity index (χ3v) is 4.29. The van der Waals surface area contributed by atoms with Crippen LogP contribution in [-0.4, -0.2) is 30.5 Å². The van der Waals surface area contributed by atoms with Gasteiger partial charge in [0.25, 0.3) is 5.69 Å². The summed E-state index contributed by atoms with van der Waals surface area (Å²) in [5.41, 5.74) is 0.805. The van der Waals surface area contributed by atoms with Crippen molar-refractivity contribution in [1.29, 1.82) is 5.26 Å². The second-order valence-electron chi connectivity index (χ2n) is 4.97. The first kappa shape index (κ1) is 15.9. The van der Waals surface area contributed by atoms with Crippen molar-refractivity contribution in [2.24, 2.45) is 0 Å². The molecule has 1 heterocycles. The molecule has 0 spiro atoms. The molecule has 0 aliphatic carbocycles. The van der Waals surface area contributed by atoms with Crippen molar-refractivity contribution in [2.45, 2.75) is 6.04 Å². The molecule has 1 N–H and O–H groups in total. The van der Waals surface area contributed by atoms with Crippen molar-refractivity contribution in [1.82, 2.24) is 4.90 Å². The Hall–Kier alpha value is -2.43. The second kappa shape index (κ2) is 7.02. The highest BCUT2D eigenvalue weighted by Gasteiger charge is 2.16. The van der Waals surface area contributed by atoms with Gasteiger partial charge in [0.2, 0.25) is 0 Å². The van der Waals surface area contributed by atoms with Crippen molar-refractivity contribution in [3.05, 3.63) is 56.3 Å². The Morgan fingerprint density at radius 3 is 2.77 bits per heavy atom. The summed E-state index contributed by atoms with van der Waals surface area (Å²) in [4.78, 5) is 13.6. The smallest absolute Gasteiger partial charge is 0.270 e. The van der Waals surface area contributed by atoms with Crippen molar-refractivity contribution in [3.8, 4) is 6.07 Å². The normalized spacial score (nSPS) is 11.9. The SMILES string of the molecule is CN(C)[C@H](CNc1ccc([N+](=O)[O-])cc1C#N)c1cccs1. The molecule has 1 aromatic heterocycles. The lowest BCUT2D eigenvalue weighted by Gasteiger charge is -2.24. The van der Waals surface area contributed by atoms with Crippen molar-refractivity contribution in [3.63, 3.8) is 0 Å². The Morgan fingerprint density at radius 1 is 1.45 bits per heavy atom. The fraction of sp³-hybridized carbons (Fsp3) is 0.267. The van der Waals surface area contributed by atoms with Gasteiger partial charge in [0.15, 0.2) is 0 Å². The molecule has 0 unspecified atom stereocenters. The van der Waals surface area contributed by atoms with Gasteiger partial charge in [-0.1, -0.05) is 6.07 Å². The number of anilines is 1. The highest BCUT2D eigenvalue weighted by atomic mass is 32.1. The van der Waals surface area contributed by atoms with Crippen LogP contribution in [0, 0.1) is 21.4 Å². The maximum absolute atomic E-state index is 10.8. The summed E-state index contributed by atoms with van der Waals surface area (Å²) in [6, 6.07) is 10.5. The average molecular weight is 316 g/mol. The van der Waals surface area contributed by atoms with E-state index in [9.17, 15) is 10.1 Å². The third kappa shape index (κ3) is 3.61. The molecule has 2 aromatic rings. The number of hydrogen-bond acceptors (Lipinski definition) is 6. The minimum atomic E-state index is -0.501. The molecular weight excluding hydrogens is 300 g/mol. The van der Waals surface area contributed by atoms with E-state index in [0.29, 0.717) is 12.2 Å². The van der Waals surface area contributed by atoms with Gasteiger partial charge < -0.3 is 10.2 Å². The maximum Gasteiger partial charge on any atom is 0.270 e. The van der Waals surface area contributed by atoms with Crippen LogP contribution in [0.2, 0.25) is 0 Å². The van der Waals surface area contributed by atoms with E-state index in [1.165, 1.54) is 17.0 Å². The van der Waals surface area contributed by atoms with E-state index in [4.69, 9.17) is 5.26 Å². The molecule has 0 saturated carbocycles. The van der Waals surface area contributed by atoms with Gasteiger partial charge in [-0.2, -0.15) is 5.26 Å². The van der Waals surface area contributed by atoms with Crippen molar-refractivity contribution < 1.29 is 4.92 Å². The van der Waals surface area contributed by atoms with E-state index < -0.39 is 4.92 Å². The molecule has 2 rings (SSSR count). The van der Waals surface area contributed by atoms with E-state index in [1.54, 1.807) is 17.4 Å². The minimum absolute atomic E-state index is 0.0792. The van der Waals surface area contributed by atoms with Crippen LogP contribution >= 0.6 is 11.3 Å². The monoisotopic (exact) mass is 316 g/mol. The molecule has 6 nitrogen and oxygen atoms in total. The Bertz CT molecular complexity index is 692. The molecular formula is C15H16N4O2S. The van der Waals surface area contributed by atoms with E-state index in [-0.39, 0.29) is 17.3 Å². The Kier molecular flexibility index (Phi) is 5.09. The third-order valence-electron chi connectivity index (χ3n) is 3.32. The summed E-state index contributed by atoms with van der Waals surface area (Å²) in [6.07, 6.45) is 0.